The Morgan fingerprint density at radius 3 is 2.26 bits per heavy atom. The molecule has 2 aromatic carbocycles. The first-order chi connectivity index (χ1) is 11.2. The molecule has 118 valence electrons. The van der Waals surface area contributed by atoms with Gasteiger partial charge in [-0.3, -0.25) is 0 Å². The molecule has 0 aliphatic heterocycles. The van der Waals surface area contributed by atoms with Crippen molar-refractivity contribution in [1.82, 2.24) is 10.2 Å². The maximum absolute atomic E-state index is 6.02. The molecule has 0 radical (unpaired) electrons. The lowest BCUT2D eigenvalue weighted by atomic mass is 10.3. The quantitative estimate of drug-likeness (QED) is 0.653. The van der Waals surface area contributed by atoms with Gasteiger partial charge in [-0.2, -0.15) is 0 Å². The summed E-state index contributed by atoms with van der Waals surface area (Å²) in [5.74, 6) is 1.94. The van der Waals surface area contributed by atoms with Crippen LogP contribution < -0.4 is 9.47 Å². The molecule has 0 saturated carbocycles. The molecule has 0 bridgehead atoms. The molecule has 0 spiro atoms. The van der Waals surface area contributed by atoms with E-state index in [1.54, 1.807) is 18.2 Å². The second kappa shape index (κ2) is 7.35. The van der Waals surface area contributed by atoms with E-state index in [1.807, 2.05) is 30.3 Å². The summed E-state index contributed by atoms with van der Waals surface area (Å²) in [6.07, 6.45) is 0. The van der Waals surface area contributed by atoms with Crippen LogP contribution in [0.15, 0.2) is 52.9 Å². The lowest BCUT2D eigenvalue weighted by Gasteiger charge is -2.05. The number of hydrogen-bond donors (Lipinski definition) is 0. The van der Waals surface area contributed by atoms with Crippen LogP contribution in [-0.4, -0.2) is 10.2 Å². The van der Waals surface area contributed by atoms with Gasteiger partial charge < -0.3 is 13.9 Å². The summed E-state index contributed by atoms with van der Waals surface area (Å²) < 4.78 is 16.5. The van der Waals surface area contributed by atoms with Gasteiger partial charge in [0, 0.05) is 5.02 Å². The summed E-state index contributed by atoms with van der Waals surface area (Å²) in [6, 6.07) is 14.4. The molecule has 7 heteroatoms. The number of halogens is 2. The third-order valence-corrected chi connectivity index (χ3v) is 3.39. The van der Waals surface area contributed by atoms with E-state index >= 15 is 0 Å². The van der Waals surface area contributed by atoms with Crippen molar-refractivity contribution in [3.8, 4) is 11.5 Å². The van der Waals surface area contributed by atoms with E-state index in [0.29, 0.717) is 27.6 Å². The van der Waals surface area contributed by atoms with Gasteiger partial charge in [0.15, 0.2) is 13.2 Å². The minimum absolute atomic E-state index is 0.111. The molecule has 23 heavy (non-hydrogen) atoms. The van der Waals surface area contributed by atoms with Gasteiger partial charge in [-0.15, -0.1) is 10.2 Å². The van der Waals surface area contributed by atoms with E-state index in [9.17, 15) is 0 Å². The molecule has 0 amide bonds. The largest absolute Gasteiger partial charge is 0.484 e. The van der Waals surface area contributed by atoms with Gasteiger partial charge in [-0.25, -0.2) is 0 Å². The second-order valence-electron chi connectivity index (χ2n) is 4.55. The second-order valence-corrected chi connectivity index (χ2v) is 5.40. The topological polar surface area (TPSA) is 57.4 Å². The molecule has 5 nitrogen and oxygen atoms in total. The molecule has 0 aliphatic carbocycles. The third-order valence-electron chi connectivity index (χ3n) is 2.86. The van der Waals surface area contributed by atoms with Crippen molar-refractivity contribution in [2.24, 2.45) is 0 Å². The van der Waals surface area contributed by atoms with Crippen LogP contribution in [0.4, 0.5) is 0 Å². The fourth-order valence-corrected chi connectivity index (χ4v) is 2.26. The number of para-hydroxylation sites is 1. The summed E-state index contributed by atoms with van der Waals surface area (Å²) in [5.41, 5.74) is 0. The molecule has 0 fully saturated rings. The Labute approximate surface area is 142 Å². The molecule has 0 atom stereocenters. The molecule has 0 unspecified atom stereocenters. The SMILES string of the molecule is Clc1ccc(OCc2nnc(COc3ccccc3)o2)c(Cl)c1. The number of hydrogen-bond acceptors (Lipinski definition) is 5. The molecular weight excluding hydrogens is 339 g/mol. The first-order valence-electron chi connectivity index (χ1n) is 6.77. The van der Waals surface area contributed by atoms with Gasteiger partial charge in [-0.05, 0) is 30.3 Å². The molecule has 1 heterocycles. The first kappa shape index (κ1) is 15.6. The molecule has 0 aliphatic rings. The van der Waals surface area contributed by atoms with E-state index in [0.717, 1.165) is 5.75 Å². The monoisotopic (exact) mass is 350 g/mol. The zero-order chi connectivity index (χ0) is 16.1. The number of ether oxygens (including phenoxy) is 2. The highest BCUT2D eigenvalue weighted by Crippen LogP contribution is 2.28. The van der Waals surface area contributed by atoms with E-state index in [2.05, 4.69) is 10.2 Å². The fraction of sp³-hybridized carbons (Fsp3) is 0.125. The van der Waals surface area contributed by atoms with E-state index in [1.165, 1.54) is 0 Å². The normalized spacial score (nSPS) is 10.5. The van der Waals surface area contributed by atoms with Crippen LogP contribution in [0.5, 0.6) is 11.5 Å². The highest BCUT2D eigenvalue weighted by atomic mass is 35.5. The van der Waals surface area contributed by atoms with Gasteiger partial charge in [0.1, 0.15) is 11.5 Å². The highest BCUT2D eigenvalue weighted by molar-refractivity contribution is 6.35. The maximum atomic E-state index is 6.02. The van der Waals surface area contributed by atoms with Crippen LogP contribution >= 0.6 is 23.2 Å². The zero-order valence-corrected chi connectivity index (χ0v) is 13.4. The van der Waals surface area contributed by atoms with Crippen molar-refractivity contribution in [3.05, 3.63) is 70.4 Å². The Hall–Kier alpha value is -2.24. The predicted molar refractivity (Wildman–Crippen MR) is 85.9 cm³/mol. The van der Waals surface area contributed by atoms with Crippen molar-refractivity contribution in [3.63, 3.8) is 0 Å². The number of nitrogens with zero attached hydrogens (tertiary/aromatic N) is 2. The molecule has 0 N–H and O–H groups in total. The van der Waals surface area contributed by atoms with Gasteiger partial charge in [0.25, 0.3) is 11.8 Å². The van der Waals surface area contributed by atoms with E-state index in [4.69, 9.17) is 37.1 Å². The summed E-state index contributed by atoms with van der Waals surface area (Å²) in [6.45, 7) is 0.304. The van der Waals surface area contributed by atoms with Crippen LogP contribution in [0.25, 0.3) is 0 Å². The fourth-order valence-electron chi connectivity index (χ4n) is 1.80. The predicted octanol–water partition coefficient (Wildman–Crippen LogP) is 4.53. The Morgan fingerprint density at radius 1 is 0.870 bits per heavy atom. The van der Waals surface area contributed by atoms with Crippen molar-refractivity contribution in [2.45, 2.75) is 13.2 Å². The van der Waals surface area contributed by atoms with Crippen molar-refractivity contribution in [2.75, 3.05) is 0 Å². The molecule has 0 saturated heterocycles. The molecule has 3 rings (SSSR count). The minimum Gasteiger partial charge on any atom is -0.484 e. The number of rotatable bonds is 6. The van der Waals surface area contributed by atoms with Gasteiger partial charge in [0.2, 0.25) is 0 Å². The zero-order valence-electron chi connectivity index (χ0n) is 11.9. The van der Waals surface area contributed by atoms with Gasteiger partial charge >= 0.3 is 0 Å². The Kier molecular flexibility index (Phi) is 5.00. The first-order valence-corrected chi connectivity index (χ1v) is 7.53. The number of aromatic nitrogens is 2. The Morgan fingerprint density at radius 2 is 1.57 bits per heavy atom. The average molecular weight is 351 g/mol. The smallest absolute Gasteiger partial charge is 0.254 e. The summed E-state index contributed by atoms with van der Waals surface area (Å²) in [7, 11) is 0. The van der Waals surface area contributed by atoms with Crippen LogP contribution in [0.1, 0.15) is 11.8 Å². The molecule has 3 aromatic rings. The van der Waals surface area contributed by atoms with Gasteiger partial charge in [-0.1, -0.05) is 41.4 Å². The Bertz CT molecular complexity index is 778. The highest BCUT2D eigenvalue weighted by Gasteiger charge is 2.09. The van der Waals surface area contributed by atoms with Crippen LogP contribution in [0, 0.1) is 0 Å². The summed E-state index contributed by atoms with van der Waals surface area (Å²) >= 11 is 11.9. The van der Waals surface area contributed by atoms with Crippen molar-refractivity contribution < 1.29 is 13.9 Å². The van der Waals surface area contributed by atoms with E-state index in [-0.39, 0.29) is 13.2 Å². The third kappa shape index (κ3) is 4.37. The Balaban J connectivity index is 1.55. The van der Waals surface area contributed by atoms with Crippen molar-refractivity contribution in [1.29, 1.82) is 0 Å². The standard InChI is InChI=1S/C16H12Cl2N2O3/c17-11-6-7-14(13(18)8-11)22-10-16-20-19-15(23-16)9-21-12-4-2-1-3-5-12/h1-8H,9-10H2. The lowest BCUT2D eigenvalue weighted by molar-refractivity contribution is 0.232. The van der Waals surface area contributed by atoms with Crippen molar-refractivity contribution >= 4 is 23.2 Å². The lowest BCUT2D eigenvalue weighted by Crippen LogP contribution is -1.96. The average Bonchev–Trinajstić information content (AvgIpc) is 3.01. The summed E-state index contributed by atoms with van der Waals surface area (Å²) in [5, 5.41) is 8.77. The van der Waals surface area contributed by atoms with E-state index < -0.39 is 0 Å². The maximum Gasteiger partial charge on any atom is 0.254 e. The van der Waals surface area contributed by atoms with Crippen LogP contribution in [0.2, 0.25) is 10.0 Å². The minimum atomic E-state index is 0.111. The molecular formula is C16H12Cl2N2O3. The number of benzene rings is 2. The van der Waals surface area contributed by atoms with Crippen LogP contribution in [0.3, 0.4) is 0 Å². The summed E-state index contributed by atoms with van der Waals surface area (Å²) in [4.78, 5) is 0. The van der Waals surface area contributed by atoms with Crippen LogP contribution in [-0.2, 0) is 13.2 Å². The molecule has 1 aromatic heterocycles. The van der Waals surface area contributed by atoms with Gasteiger partial charge in [0.05, 0.1) is 5.02 Å².